The minimum absolute atomic E-state index is 0.0490. The largest absolute Gasteiger partial charge is 0.375 e. The van der Waals surface area contributed by atoms with Gasteiger partial charge in [0, 0.05) is 45.4 Å². The average Bonchev–Trinajstić information content (AvgIpc) is 3.31. The Morgan fingerprint density at radius 2 is 1.79 bits per heavy atom. The number of anilines is 1. The molecule has 3 aromatic rings. The van der Waals surface area contributed by atoms with Gasteiger partial charge in [0.2, 0.25) is 5.91 Å². The van der Waals surface area contributed by atoms with Crippen molar-refractivity contribution in [1.82, 2.24) is 24.8 Å². The lowest BCUT2D eigenvalue weighted by Crippen LogP contribution is -2.40. The van der Waals surface area contributed by atoms with Gasteiger partial charge in [-0.2, -0.15) is 0 Å². The summed E-state index contributed by atoms with van der Waals surface area (Å²) in [5, 5.41) is 8.39. The number of aromatic nitrogens is 3. The molecule has 0 aliphatic carbocycles. The molecule has 4 rings (SSSR count). The highest BCUT2D eigenvalue weighted by Gasteiger charge is 2.24. The lowest BCUT2D eigenvalue weighted by atomic mass is 10.1. The Morgan fingerprint density at radius 1 is 1.03 bits per heavy atom. The molecule has 0 bridgehead atoms. The first kappa shape index (κ1) is 28.6. The molecule has 0 atom stereocenters. The lowest BCUT2D eigenvalue weighted by Gasteiger charge is -2.32. The number of amides is 2. The van der Waals surface area contributed by atoms with Crippen LogP contribution in [0, 0.1) is 11.7 Å². The third kappa shape index (κ3) is 7.60. The van der Waals surface area contributed by atoms with Gasteiger partial charge in [0.25, 0.3) is 5.91 Å². The average molecular weight is 539 g/mol. The van der Waals surface area contributed by atoms with Crippen LogP contribution in [0.3, 0.4) is 0 Å². The number of carbonyl (C=O) groups excluding carboxylic acids is 2. The molecule has 1 aromatic heterocycles. The van der Waals surface area contributed by atoms with Gasteiger partial charge in [-0.25, -0.2) is 9.07 Å². The van der Waals surface area contributed by atoms with Crippen molar-refractivity contribution in [3.05, 3.63) is 53.8 Å². The van der Waals surface area contributed by atoms with Crippen LogP contribution >= 0.6 is 0 Å². The molecule has 1 aliphatic heterocycles. The van der Waals surface area contributed by atoms with Crippen molar-refractivity contribution in [2.24, 2.45) is 5.92 Å². The number of para-hydroxylation sites is 1. The van der Waals surface area contributed by atoms with Crippen LogP contribution in [0.4, 0.5) is 10.1 Å². The van der Waals surface area contributed by atoms with Crippen LogP contribution in [0.25, 0.3) is 11.0 Å². The summed E-state index contributed by atoms with van der Waals surface area (Å²) < 4.78 is 21.3. The smallest absolute Gasteiger partial charge is 0.252 e. The molecule has 0 fully saturated rings. The second-order valence-corrected chi connectivity index (χ2v) is 10.5. The standard InChI is InChI=1S/C29H39FN6O3/c1-22(2)19-33-13-6-15-34(28(37)12-17-36-27-9-5-4-8-25(27)31-32-36)20-23-18-24(30)10-11-26(23)35(16-7-14-33)29(38)21-39-3/h4-5,8-11,18,22H,6-7,12-17,19-21H2,1-3H3. The molecule has 9 nitrogen and oxygen atoms in total. The van der Waals surface area contributed by atoms with Gasteiger partial charge in [0.05, 0.1) is 12.1 Å². The molecule has 0 N–H and O–H groups in total. The van der Waals surface area contributed by atoms with Crippen molar-refractivity contribution in [2.75, 3.05) is 51.3 Å². The van der Waals surface area contributed by atoms with Crippen molar-refractivity contribution in [3.8, 4) is 0 Å². The third-order valence-corrected chi connectivity index (χ3v) is 6.95. The zero-order chi connectivity index (χ0) is 27.8. The maximum absolute atomic E-state index is 14.5. The van der Waals surface area contributed by atoms with E-state index in [1.807, 2.05) is 24.3 Å². The van der Waals surface area contributed by atoms with Crippen LogP contribution in [0.2, 0.25) is 0 Å². The number of ether oxygens (including phenoxy) is 1. The quantitative estimate of drug-likeness (QED) is 0.456. The number of benzene rings is 2. The molecule has 39 heavy (non-hydrogen) atoms. The predicted molar refractivity (Wildman–Crippen MR) is 149 cm³/mol. The van der Waals surface area contributed by atoms with Gasteiger partial charge in [-0.05, 0) is 67.7 Å². The Morgan fingerprint density at radius 3 is 2.56 bits per heavy atom. The molecular weight excluding hydrogens is 499 g/mol. The van der Waals surface area contributed by atoms with E-state index in [0.717, 1.165) is 43.5 Å². The summed E-state index contributed by atoms with van der Waals surface area (Å²) in [5.74, 6) is -0.131. The zero-order valence-corrected chi connectivity index (χ0v) is 23.2. The topological polar surface area (TPSA) is 83.8 Å². The fraction of sp³-hybridized carbons (Fsp3) is 0.517. The number of hydrogen-bond donors (Lipinski definition) is 0. The van der Waals surface area contributed by atoms with E-state index in [2.05, 4.69) is 29.1 Å². The van der Waals surface area contributed by atoms with Gasteiger partial charge < -0.3 is 19.4 Å². The fourth-order valence-electron chi connectivity index (χ4n) is 5.21. The highest BCUT2D eigenvalue weighted by Crippen LogP contribution is 2.25. The van der Waals surface area contributed by atoms with Gasteiger partial charge in [0.1, 0.15) is 17.9 Å². The second-order valence-electron chi connectivity index (χ2n) is 10.5. The minimum atomic E-state index is -0.399. The number of carbonyl (C=O) groups is 2. The van der Waals surface area contributed by atoms with Crippen molar-refractivity contribution in [2.45, 2.75) is 46.2 Å². The van der Waals surface area contributed by atoms with E-state index >= 15 is 0 Å². The first-order valence-corrected chi connectivity index (χ1v) is 13.7. The van der Waals surface area contributed by atoms with Crippen LogP contribution in [0.1, 0.15) is 38.7 Å². The number of rotatable bonds is 7. The Bertz CT molecular complexity index is 1260. The van der Waals surface area contributed by atoms with Crippen molar-refractivity contribution in [3.63, 3.8) is 0 Å². The summed E-state index contributed by atoms with van der Waals surface area (Å²) in [5.41, 5.74) is 2.89. The SMILES string of the molecule is COCC(=O)N1CCCN(CC(C)C)CCCN(C(=O)CCn2nnc3ccccc32)Cc2cc(F)ccc21. The summed E-state index contributed by atoms with van der Waals surface area (Å²) in [6.45, 7) is 8.57. The van der Waals surface area contributed by atoms with E-state index in [1.54, 1.807) is 20.5 Å². The highest BCUT2D eigenvalue weighted by molar-refractivity contribution is 5.95. The Balaban J connectivity index is 1.60. The van der Waals surface area contributed by atoms with Crippen molar-refractivity contribution in [1.29, 1.82) is 0 Å². The van der Waals surface area contributed by atoms with E-state index in [1.165, 1.54) is 19.2 Å². The Labute approximate surface area is 229 Å². The van der Waals surface area contributed by atoms with Crippen molar-refractivity contribution >= 4 is 28.5 Å². The van der Waals surface area contributed by atoms with E-state index in [0.29, 0.717) is 36.8 Å². The summed E-state index contributed by atoms with van der Waals surface area (Å²) in [7, 11) is 1.49. The molecule has 2 heterocycles. The molecule has 210 valence electrons. The van der Waals surface area contributed by atoms with Crippen LogP contribution < -0.4 is 4.90 Å². The van der Waals surface area contributed by atoms with Gasteiger partial charge in [-0.1, -0.05) is 31.2 Å². The maximum Gasteiger partial charge on any atom is 0.252 e. The molecule has 0 saturated carbocycles. The molecule has 10 heteroatoms. The lowest BCUT2D eigenvalue weighted by molar-refractivity contribution is -0.132. The van der Waals surface area contributed by atoms with Crippen LogP contribution in [0.5, 0.6) is 0 Å². The molecule has 1 aliphatic rings. The van der Waals surface area contributed by atoms with Crippen molar-refractivity contribution < 1.29 is 18.7 Å². The van der Waals surface area contributed by atoms with Crippen LogP contribution in [-0.2, 0) is 27.4 Å². The highest BCUT2D eigenvalue weighted by atomic mass is 19.1. The van der Waals surface area contributed by atoms with Gasteiger partial charge >= 0.3 is 0 Å². The van der Waals surface area contributed by atoms with E-state index < -0.39 is 5.82 Å². The molecule has 0 unspecified atom stereocenters. The second kappa shape index (κ2) is 13.6. The summed E-state index contributed by atoms with van der Waals surface area (Å²) in [6, 6.07) is 12.1. The van der Waals surface area contributed by atoms with E-state index in [4.69, 9.17) is 4.74 Å². The Kier molecular flexibility index (Phi) is 10.00. The summed E-state index contributed by atoms with van der Waals surface area (Å²) >= 11 is 0. The van der Waals surface area contributed by atoms with Crippen LogP contribution in [-0.4, -0.2) is 83.0 Å². The molecule has 2 aromatic carbocycles. The Hall–Kier alpha value is -3.37. The monoisotopic (exact) mass is 538 g/mol. The predicted octanol–water partition coefficient (Wildman–Crippen LogP) is 3.72. The molecule has 0 spiro atoms. The first-order valence-electron chi connectivity index (χ1n) is 13.7. The van der Waals surface area contributed by atoms with E-state index in [-0.39, 0.29) is 31.4 Å². The number of fused-ring (bicyclic) bond motifs is 2. The molecule has 0 saturated heterocycles. The molecular formula is C29H39FN6O3. The number of nitrogens with zero attached hydrogens (tertiary/aromatic N) is 6. The zero-order valence-electron chi connectivity index (χ0n) is 23.2. The number of aryl methyl sites for hydroxylation is 1. The normalized spacial score (nSPS) is 15.7. The number of methoxy groups -OCH3 is 1. The molecule has 0 radical (unpaired) electrons. The third-order valence-electron chi connectivity index (χ3n) is 6.95. The summed E-state index contributed by atoms with van der Waals surface area (Å²) in [4.78, 5) is 32.5. The van der Waals surface area contributed by atoms with Gasteiger partial charge in [0.15, 0.2) is 0 Å². The fourth-order valence-corrected chi connectivity index (χ4v) is 5.21. The number of halogens is 1. The minimum Gasteiger partial charge on any atom is -0.375 e. The van der Waals surface area contributed by atoms with Gasteiger partial charge in [-0.3, -0.25) is 9.59 Å². The maximum atomic E-state index is 14.5. The van der Waals surface area contributed by atoms with E-state index in [9.17, 15) is 14.0 Å². The first-order chi connectivity index (χ1) is 18.9. The van der Waals surface area contributed by atoms with Crippen LogP contribution in [0.15, 0.2) is 42.5 Å². The molecule has 2 amide bonds. The van der Waals surface area contributed by atoms with Gasteiger partial charge in [-0.15, -0.1) is 5.10 Å². The summed E-state index contributed by atoms with van der Waals surface area (Å²) in [6.07, 6.45) is 1.83. The number of hydrogen-bond acceptors (Lipinski definition) is 6.